The van der Waals surface area contributed by atoms with Gasteiger partial charge in [0.15, 0.2) is 6.10 Å². The van der Waals surface area contributed by atoms with Crippen molar-refractivity contribution in [3.8, 4) is 11.5 Å². The molecule has 1 saturated heterocycles. The molecule has 1 aliphatic heterocycles. The van der Waals surface area contributed by atoms with E-state index in [2.05, 4.69) is 5.32 Å². The van der Waals surface area contributed by atoms with Gasteiger partial charge in [-0.3, -0.25) is 4.79 Å². The van der Waals surface area contributed by atoms with E-state index in [0.717, 1.165) is 0 Å². The van der Waals surface area contributed by atoms with Crippen LogP contribution in [0.1, 0.15) is 19.8 Å². The molecule has 2 aromatic rings. The minimum absolute atomic E-state index is 0.101. The maximum absolute atomic E-state index is 12.8. The van der Waals surface area contributed by atoms with Gasteiger partial charge in [0.2, 0.25) is 10.0 Å². The normalized spacial score (nSPS) is 16.6. The van der Waals surface area contributed by atoms with Crippen LogP contribution in [0, 0.1) is 0 Å². The van der Waals surface area contributed by atoms with Crippen LogP contribution in [0.3, 0.4) is 0 Å². The summed E-state index contributed by atoms with van der Waals surface area (Å²) in [5.74, 6) is 0.925. The van der Waals surface area contributed by atoms with Crippen molar-refractivity contribution in [2.45, 2.75) is 36.8 Å². The second kappa shape index (κ2) is 9.68. The molecular formula is C21H25ClN2O5S. The number of sulfonamides is 1. The lowest BCUT2D eigenvalue weighted by Gasteiger charge is -2.32. The molecule has 0 unspecified atom stereocenters. The van der Waals surface area contributed by atoms with E-state index in [1.54, 1.807) is 43.3 Å². The molecule has 9 heteroatoms. The predicted octanol–water partition coefficient (Wildman–Crippen LogP) is 3.09. The second-order valence-electron chi connectivity index (χ2n) is 7.08. The highest BCUT2D eigenvalue weighted by molar-refractivity contribution is 7.89. The van der Waals surface area contributed by atoms with Gasteiger partial charge in [-0.1, -0.05) is 11.6 Å². The third-order valence-electron chi connectivity index (χ3n) is 4.99. The fourth-order valence-electron chi connectivity index (χ4n) is 3.23. The van der Waals surface area contributed by atoms with Crippen LogP contribution >= 0.6 is 11.6 Å². The Labute approximate surface area is 182 Å². The fraction of sp³-hybridized carbons (Fsp3) is 0.381. The highest BCUT2D eigenvalue weighted by Crippen LogP contribution is 2.23. The van der Waals surface area contributed by atoms with E-state index in [1.165, 1.54) is 23.5 Å². The van der Waals surface area contributed by atoms with E-state index in [-0.39, 0.29) is 16.8 Å². The number of carbonyl (C=O) groups excluding carboxylic acids is 1. The zero-order valence-corrected chi connectivity index (χ0v) is 18.4. The molecule has 0 aromatic heterocycles. The average molecular weight is 453 g/mol. The molecule has 1 amide bonds. The number of methoxy groups -OCH3 is 1. The minimum Gasteiger partial charge on any atom is -0.497 e. The number of benzene rings is 2. The van der Waals surface area contributed by atoms with E-state index in [9.17, 15) is 13.2 Å². The van der Waals surface area contributed by atoms with Crippen molar-refractivity contribution in [2.24, 2.45) is 0 Å². The number of amides is 1. The Morgan fingerprint density at radius 2 is 1.63 bits per heavy atom. The van der Waals surface area contributed by atoms with Crippen LogP contribution in [0.25, 0.3) is 0 Å². The van der Waals surface area contributed by atoms with Gasteiger partial charge in [0.25, 0.3) is 5.91 Å². The molecule has 1 N–H and O–H groups in total. The van der Waals surface area contributed by atoms with E-state index in [4.69, 9.17) is 21.1 Å². The SMILES string of the molecule is COc1ccc(S(=O)(=O)N2CCC(NC(=O)[C@@H](C)Oc3ccc(Cl)cc3)CC2)cc1. The monoisotopic (exact) mass is 452 g/mol. The first-order chi connectivity index (χ1) is 14.3. The van der Waals surface area contributed by atoms with Crippen LogP contribution in [0.4, 0.5) is 0 Å². The van der Waals surface area contributed by atoms with E-state index >= 15 is 0 Å². The number of ether oxygens (including phenoxy) is 2. The number of carbonyl (C=O) groups is 1. The topological polar surface area (TPSA) is 84.9 Å². The lowest BCUT2D eigenvalue weighted by Crippen LogP contribution is -2.49. The maximum Gasteiger partial charge on any atom is 0.260 e. The van der Waals surface area contributed by atoms with Crippen molar-refractivity contribution in [3.63, 3.8) is 0 Å². The summed E-state index contributed by atoms with van der Waals surface area (Å²) in [4.78, 5) is 12.7. The largest absolute Gasteiger partial charge is 0.497 e. The molecule has 1 aliphatic rings. The summed E-state index contributed by atoms with van der Waals surface area (Å²) < 4.78 is 37.8. The van der Waals surface area contributed by atoms with Gasteiger partial charge >= 0.3 is 0 Å². The first-order valence-electron chi connectivity index (χ1n) is 9.66. The van der Waals surface area contributed by atoms with Gasteiger partial charge in [-0.25, -0.2) is 8.42 Å². The van der Waals surface area contributed by atoms with Crippen LogP contribution in [0.2, 0.25) is 5.02 Å². The zero-order chi connectivity index (χ0) is 21.7. The zero-order valence-electron chi connectivity index (χ0n) is 16.9. The maximum atomic E-state index is 12.8. The summed E-state index contributed by atoms with van der Waals surface area (Å²) in [5.41, 5.74) is 0. The van der Waals surface area contributed by atoms with Crippen molar-refractivity contribution < 1.29 is 22.7 Å². The highest BCUT2D eigenvalue weighted by Gasteiger charge is 2.30. The number of hydrogen-bond donors (Lipinski definition) is 1. The molecule has 0 spiro atoms. The summed E-state index contributed by atoms with van der Waals surface area (Å²) >= 11 is 5.85. The molecule has 1 fully saturated rings. The van der Waals surface area contributed by atoms with E-state index in [1.807, 2.05) is 0 Å². The van der Waals surface area contributed by atoms with Gasteiger partial charge in [0, 0.05) is 24.2 Å². The van der Waals surface area contributed by atoms with Gasteiger partial charge in [-0.15, -0.1) is 0 Å². The molecule has 1 heterocycles. The molecule has 0 radical (unpaired) electrons. The Morgan fingerprint density at radius 1 is 1.07 bits per heavy atom. The minimum atomic E-state index is -3.57. The first kappa shape index (κ1) is 22.4. The van der Waals surface area contributed by atoms with Gasteiger partial charge in [-0.2, -0.15) is 4.31 Å². The van der Waals surface area contributed by atoms with E-state index in [0.29, 0.717) is 42.5 Å². The summed E-state index contributed by atoms with van der Waals surface area (Å²) in [6.45, 7) is 2.35. The molecular weight excluding hydrogens is 428 g/mol. The Balaban J connectivity index is 1.51. The molecule has 30 heavy (non-hydrogen) atoms. The van der Waals surface area contributed by atoms with Crippen LogP contribution < -0.4 is 14.8 Å². The number of hydrogen-bond acceptors (Lipinski definition) is 5. The Hall–Kier alpha value is -2.29. The second-order valence-corrected chi connectivity index (χ2v) is 9.45. The van der Waals surface area contributed by atoms with Crippen LogP contribution in [0.15, 0.2) is 53.4 Å². The number of nitrogens with zero attached hydrogens (tertiary/aromatic N) is 1. The quantitative estimate of drug-likeness (QED) is 0.697. The summed E-state index contributed by atoms with van der Waals surface area (Å²) in [6, 6.07) is 13.0. The third-order valence-corrected chi connectivity index (χ3v) is 7.16. The standard InChI is InChI=1S/C21H25ClN2O5S/c1-15(29-19-5-3-16(22)4-6-19)21(25)23-17-11-13-24(14-12-17)30(26,27)20-9-7-18(28-2)8-10-20/h3-10,15,17H,11-14H2,1-2H3,(H,23,25)/t15-/m1/s1. The van der Waals surface area contributed by atoms with Gasteiger partial charge in [-0.05, 0) is 68.3 Å². The third kappa shape index (κ3) is 5.44. The van der Waals surface area contributed by atoms with Crippen LogP contribution in [-0.4, -0.2) is 51.0 Å². The first-order valence-corrected chi connectivity index (χ1v) is 11.5. The molecule has 0 saturated carbocycles. The van der Waals surface area contributed by atoms with Crippen molar-refractivity contribution >= 4 is 27.5 Å². The lowest BCUT2D eigenvalue weighted by molar-refractivity contribution is -0.128. The number of rotatable bonds is 7. The molecule has 0 bridgehead atoms. The predicted molar refractivity (Wildman–Crippen MR) is 114 cm³/mol. The number of piperidine rings is 1. The summed E-state index contributed by atoms with van der Waals surface area (Å²) in [6.07, 6.45) is 0.399. The molecule has 2 aromatic carbocycles. The summed E-state index contributed by atoms with van der Waals surface area (Å²) in [7, 11) is -2.04. The van der Waals surface area contributed by atoms with Gasteiger partial charge in [0.1, 0.15) is 11.5 Å². The molecule has 1 atom stereocenters. The molecule has 162 valence electrons. The van der Waals surface area contributed by atoms with Crippen molar-refractivity contribution in [2.75, 3.05) is 20.2 Å². The van der Waals surface area contributed by atoms with Gasteiger partial charge < -0.3 is 14.8 Å². The van der Waals surface area contributed by atoms with Crippen LogP contribution in [0.5, 0.6) is 11.5 Å². The Morgan fingerprint density at radius 3 is 2.20 bits per heavy atom. The Kier molecular flexibility index (Phi) is 7.23. The Bertz CT molecular complexity index is 956. The molecule has 7 nitrogen and oxygen atoms in total. The van der Waals surface area contributed by atoms with Crippen LogP contribution in [-0.2, 0) is 14.8 Å². The number of nitrogens with one attached hydrogen (secondary N) is 1. The van der Waals surface area contributed by atoms with Crippen molar-refractivity contribution in [3.05, 3.63) is 53.6 Å². The van der Waals surface area contributed by atoms with Gasteiger partial charge in [0.05, 0.1) is 12.0 Å². The lowest BCUT2D eigenvalue weighted by atomic mass is 10.1. The molecule has 0 aliphatic carbocycles. The number of halogens is 1. The van der Waals surface area contributed by atoms with Crippen molar-refractivity contribution in [1.82, 2.24) is 9.62 Å². The molecule has 3 rings (SSSR count). The van der Waals surface area contributed by atoms with Crippen molar-refractivity contribution in [1.29, 1.82) is 0 Å². The van der Waals surface area contributed by atoms with E-state index < -0.39 is 16.1 Å². The summed E-state index contributed by atoms with van der Waals surface area (Å²) in [5, 5.41) is 3.54. The average Bonchev–Trinajstić information content (AvgIpc) is 2.75. The highest BCUT2D eigenvalue weighted by atomic mass is 35.5. The smallest absolute Gasteiger partial charge is 0.260 e. The fourth-order valence-corrected chi connectivity index (χ4v) is 4.82.